The minimum absolute atomic E-state index is 0.235. The van der Waals surface area contributed by atoms with E-state index in [0.29, 0.717) is 0 Å². The van der Waals surface area contributed by atoms with Crippen LogP contribution in [0.4, 0.5) is 0 Å². The Kier molecular flexibility index (Phi) is 4.90. The lowest BCUT2D eigenvalue weighted by Crippen LogP contribution is -2.34. The highest BCUT2D eigenvalue weighted by Crippen LogP contribution is 2.14. The maximum absolute atomic E-state index is 6.05. The minimum atomic E-state index is 0.235. The summed E-state index contributed by atoms with van der Waals surface area (Å²) in [5, 5.41) is 0. The Labute approximate surface area is 132 Å². The number of aromatic nitrogens is 2. The fourth-order valence-electron chi connectivity index (χ4n) is 3.01. The molecule has 1 saturated heterocycles. The van der Waals surface area contributed by atoms with Gasteiger partial charge in [0.05, 0.1) is 24.7 Å². The monoisotopic (exact) mass is 299 g/mol. The molecular weight excluding hydrogens is 274 g/mol. The van der Waals surface area contributed by atoms with E-state index in [0.717, 1.165) is 44.9 Å². The Morgan fingerprint density at radius 1 is 1.23 bits per heavy atom. The van der Waals surface area contributed by atoms with Gasteiger partial charge in [0.2, 0.25) is 0 Å². The first kappa shape index (κ1) is 15.3. The van der Waals surface area contributed by atoms with Gasteiger partial charge in [-0.05, 0) is 25.8 Å². The van der Waals surface area contributed by atoms with Crippen molar-refractivity contribution in [2.24, 2.45) is 0 Å². The van der Waals surface area contributed by atoms with Crippen LogP contribution in [0.3, 0.4) is 0 Å². The normalized spacial score (nSPS) is 20.0. The standard InChI is InChI=1S/C18H25N3O/c1-15-16(2)21(14-19-15)13-18-12-20(9-6-10-22-18)11-17-7-4-3-5-8-17/h3-5,7-8,14,18H,6,9-13H2,1-2H3/t18-/m1/s1. The molecule has 0 radical (unpaired) electrons. The summed E-state index contributed by atoms with van der Waals surface area (Å²) in [6.07, 6.45) is 3.27. The van der Waals surface area contributed by atoms with Crippen molar-refractivity contribution in [2.75, 3.05) is 19.7 Å². The van der Waals surface area contributed by atoms with Crippen LogP contribution in [-0.4, -0.2) is 40.3 Å². The smallest absolute Gasteiger partial charge is 0.0952 e. The lowest BCUT2D eigenvalue weighted by molar-refractivity contribution is 0.0411. The van der Waals surface area contributed by atoms with E-state index in [9.17, 15) is 0 Å². The van der Waals surface area contributed by atoms with Crippen molar-refractivity contribution in [3.05, 3.63) is 53.6 Å². The third kappa shape index (κ3) is 3.76. The third-order valence-corrected chi connectivity index (χ3v) is 4.43. The second-order valence-corrected chi connectivity index (χ2v) is 6.13. The van der Waals surface area contributed by atoms with Gasteiger partial charge < -0.3 is 9.30 Å². The van der Waals surface area contributed by atoms with Gasteiger partial charge in [0.1, 0.15) is 0 Å². The molecule has 0 saturated carbocycles. The Bertz CT molecular complexity index is 594. The van der Waals surface area contributed by atoms with Crippen molar-refractivity contribution < 1.29 is 4.74 Å². The SMILES string of the molecule is Cc1ncn(C[C@H]2CN(Cc3ccccc3)CCCO2)c1C. The maximum atomic E-state index is 6.05. The summed E-state index contributed by atoms with van der Waals surface area (Å²) in [6.45, 7) is 9.00. The average molecular weight is 299 g/mol. The predicted octanol–water partition coefficient (Wildman–Crippen LogP) is 2.79. The number of nitrogens with zero attached hydrogens (tertiary/aromatic N) is 3. The number of rotatable bonds is 4. The molecule has 2 aromatic rings. The van der Waals surface area contributed by atoms with Crippen LogP contribution in [0.15, 0.2) is 36.7 Å². The van der Waals surface area contributed by atoms with E-state index in [1.54, 1.807) is 0 Å². The van der Waals surface area contributed by atoms with E-state index in [4.69, 9.17) is 4.74 Å². The first-order chi connectivity index (χ1) is 10.7. The van der Waals surface area contributed by atoms with Gasteiger partial charge in [0.25, 0.3) is 0 Å². The third-order valence-electron chi connectivity index (χ3n) is 4.43. The molecular formula is C18H25N3O. The first-order valence-corrected chi connectivity index (χ1v) is 8.08. The number of hydrogen-bond donors (Lipinski definition) is 0. The number of aryl methyl sites for hydroxylation is 1. The van der Waals surface area contributed by atoms with E-state index in [1.807, 2.05) is 6.33 Å². The van der Waals surface area contributed by atoms with Crippen LogP contribution in [0.25, 0.3) is 0 Å². The fraction of sp³-hybridized carbons (Fsp3) is 0.500. The van der Waals surface area contributed by atoms with Gasteiger partial charge in [-0.15, -0.1) is 0 Å². The van der Waals surface area contributed by atoms with Crippen LogP contribution in [0.5, 0.6) is 0 Å². The van der Waals surface area contributed by atoms with Crippen molar-refractivity contribution in [2.45, 2.75) is 39.5 Å². The molecule has 0 bridgehead atoms. The van der Waals surface area contributed by atoms with Crippen molar-refractivity contribution in [3.63, 3.8) is 0 Å². The number of hydrogen-bond acceptors (Lipinski definition) is 3. The summed E-state index contributed by atoms with van der Waals surface area (Å²) < 4.78 is 8.26. The Morgan fingerprint density at radius 2 is 2.05 bits per heavy atom. The summed E-state index contributed by atoms with van der Waals surface area (Å²) >= 11 is 0. The quantitative estimate of drug-likeness (QED) is 0.869. The Balaban J connectivity index is 1.63. The molecule has 0 spiro atoms. The summed E-state index contributed by atoms with van der Waals surface area (Å²) in [5.74, 6) is 0. The molecule has 4 nitrogen and oxygen atoms in total. The van der Waals surface area contributed by atoms with E-state index in [2.05, 4.69) is 58.6 Å². The number of ether oxygens (including phenoxy) is 1. The zero-order valence-corrected chi connectivity index (χ0v) is 13.5. The van der Waals surface area contributed by atoms with Crippen molar-refractivity contribution in [3.8, 4) is 0 Å². The van der Waals surface area contributed by atoms with Gasteiger partial charge in [-0.2, -0.15) is 0 Å². The molecule has 0 amide bonds. The van der Waals surface area contributed by atoms with Gasteiger partial charge in [-0.25, -0.2) is 4.98 Å². The van der Waals surface area contributed by atoms with E-state index in [1.165, 1.54) is 11.3 Å². The van der Waals surface area contributed by atoms with Gasteiger partial charge in [-0.1, -0.05) is 30.3 Å². The van der Waals surface area contributed by atoms with E-state index >= 15 is 0 Å². The second kappa shape index (κ2) is 7.07. The predicted molar refractivity (Wildman–Crippen MR) is 87.8 cm³/mol. The van der Waals surface area contributed by atoms with Crippen molar-refractivity contribution in [1.29, 1.82) is 0 Å². The van der Waals surface area contributed by atoms with Gasteiger partial charge >= 0.3 is 0 Å². The zero-order valence-electron chi connectivity index (χ0n) is 13.5. The highest BCUT2D eigenvalue weighted by Gasteiger charge is 2.20. The molecule has 118 valence electrons. The zero-order chi connectivity index (χ0) is 15.4. The first-order valence-electron chi connectivity index (χ1n) is 8.08. The van der Waals surface area contributed by atoms with Crippen LogP contribution in [0.1, 0.15) is 23.4 Å². The molecule has 1 atom stereocenters. The van der Waals surface area contributed by atoms with Crippen LogP contribution in [0.2, 0.25) is 0 Å². The van der Waals surface area contributed by atoms with Crippen LogP contribution < -0.4 is 0 Å². The highest BCUT2D eigenvalue weighted by molar-refractivity contribution is 5.14. The molecule has 1 aliphatic rings. The summed E-state index contributed by atoms with van der Waals surface area (Å²) in [5.41, 5.74) is 3.72. The average Bonchev–Trinajstić information content (AvgIpc) is 2.73. The summed E-state index contributed by atoms with van der Waals surface area (Å²) in [4.78, 5) is 6.89. The molecule has 2 heterocycles. The highest BCUT2D eigenvalue weighted by atomic mass is 16.5. The molecule has 0 N–H and O–H groups in total. The molecule has 0 unspecified atom stereocenters. The van der Waals surface area contributed by atoms with Gasteiger partial charge in [-0.3, -0.25) is 4.90 Å². The molecule has 1 aromatic carbocycles. The second-order valence-electron chi connectivity index (χ2n) is 6.13. The van der Waals surface area contributed by atoms with Gasteiger partial charge in [0.15, 0.2) is 0 Å². The minimum Gasteiger partial charge on any atom is -0.375 e. The molecule has 1 fully saturated rings. The fourth-order valence-corrected chi connectivity index (χ4v) is 3.01. The largest absolute Gasteiger partial charge is 0.375 e. The lowest BCUT2D eigenvalue weighted by Gasteiger charge is -2.24. The molecule has 1 aliphatic heterocycles. The Morgan fingerprint density at radius 3 is 2.77 bits per heavy atom. The van der Waals surface area contributed by atoms with Crippen molar-refractivity contribution in [1.82, 2.24) is 14.5 Å². The van der Waals surface area contributed by atoms with E-state index < -0.39 is 0 Å². The van der Waals surface area contributed by atoms with Crippen LogP contribution in [-0.2, 0) is 17.8 Å². The maximum Gasteiger partial charge on any atom is 0.0952 e. The summed E-state index contributed by atoms with van der Waals surface area (Å²) in [6, 6.07) is 10.7. The van der Waals surface area contributed by atoms with Gasteiger partial charge in [0, 0.05) is 31.9 Å². The number of imidazole rings is 1. The molecule has 1 aromatic heterocycles. The van der Waals surface area contributed by atoms with Crippen molar-refractivity contribution >= 4 is 0 Å². The Hall–Kier alpha value is -1.65. The van der Waals surface area contributed by atoms with E-state index in [-0.39, 0.29) is 6.10 Å². The molecule has 0 aliphatic carbocycles. The molecule has 3 rings (SSSR count). The summed E-state index contributed by atoms with van der Waals surface area (Å²) in [7, 11) is 0. The molecule has 22 heavy (non-hydrogen) atoms. The van der Waals surface area contributed by atoms with Crippen LogP contribution >= 0.6 is 0 Å². The number of benzene rings is 1. The lowest BCUT2D eigenvalue weighted by atomic mass is 10.2. The molecule has 4 heteroatoms. The topological polar surface area (TPSA) is 30.3 Å². The van der Waals surface area contributed by atoms with Crippen LogP contribution in [0, 0.1) is 13.8 Å².